The smallest absolute Gasteiger partial charge is 0.169 e. The Balaban J connectivity index is 2.19. The highest BCUT2D eigenvalue weighted by Crippen LogP contribution is 2.30. The van der Waals surface area contributed by atoms with Crippen molar-refractivity contribution in [2.45, 2.75) is 13.3 Å². The van der Waals surface area contributed by atoms with E-state index in [1.54, 1.807) is 7.11 Å². The van der Waals surface area contributed by atoms with E-state index in [4.69, 9.17) is 9.47 Å². The molecule has 0 heterocycles. The fraction of sp³-hybridized carbons (Fsp3) is 0.200. The third-order valence-electron chi connectivity index (χ3n) is 2.63. The normalized spacial score (nSPS) is 10.0. The van der Waals surface area contributed by atoms with Gasteiger partial charge in [0.1, 0.15) is 5.75 Å². The van der Waals surface area contributed by atoms with Crippen LogP contribution in [0, 0.1) is 0 Å². The number of aryl methyl sites for hydroxylation is 1. The van der Waals surface area contributed by atoms with Gasteiger partial charge in [-0.25, -0.2) is 0 Å². The second-order valence-corrected chi connectivity index (χ2v) is 3.75. The Kier molecular flexibility index (Phi) is 3.66. The number of ether oxygens (including phenoxy) is 2. The van der Waals surface area contributed by atoms with E-state index in [0.717, 1.165) is 23.7 Å². The van der Waals surface area contributed by atoms with Gasteiger partial charge in [0.25, 0.3) is 0 Å². The SMILES string of the molecule is CCc1ccc(Oc2ccccc2OC)cc1. The number of hydrogen-bond acceptors (Lipinski definition) is 2. The van der Waals surface area contributed by atoms with Crippen molar-refractivity contribution in [3.63, 3.8) is 0 Å². The summed E-state index contributed by atoms with van der Waals surface area (Å²) in [7, 11) is 1.64. The summed E-state index contributed by atoms with van der Waals surface area (Å²) in [5.41, 5.74) is 1.30. The first-order valence-electron chi connectivity index (χ1n) is 5.73. The van der Waals surface area contributed by atoms with Crippen LogP contribution in [0.5, 0.6) is 17.2 Å². The molecular formula is C15H16O2. The topological polar surface area (TPSA) is 18.5 Å². The number of benzene rings is 2. The van der Waals surface area contributed by atoms with Crippen molar-refractivity contribution >= 4 is 0 Å². The Morgan fingerprint density at radius 1 is 0.882 bits per heavy atom. The maximum atomic E-state index is 5.77. The summed E-state index contributed by atoms with van der Waals surface area (Å²) in [5, 5.41) is 0. The maximum absolute atomic E-state index is 5.77. The van der Waals surface area contributed by atoms with E-state index < -0.39 is 0 Å². The lowest BCUT2D eigenvalue weighted by atomic mass is 10.2. The molecule has 0 fully saturated rings. The van der Waals surface area contributed by atoms with Crippen LogP contribution in [0.4, 0.5) is 0 Å². The van der Waals surface area contributed by atoms with Gasteiger partial charge >= 0.3 is 0 Å². The number of methoxy groups -OCH3 is 1. The summed E-state index contributed by atoms with van der Waals surface area (Å²) in [6.07, 6.45) is 1.04. The summed E-state index contributed by atoms with van der Waals surface area (Å²) >= 11 is 0. The summed E-state index contributed by atoms with van der Waals surface area (Å²) in [6, 6.07) is 15.7. The molecule has 0 aliphatic heterocycles. The van der Waals surface area contributed by atoms with Crippen LogP contribution >= 0.6 is 0 Å². The van der Waals surface area contributed by atoms with Gasteiger partial charge in [0, 0.05) is 0 Å². The lowest BCUT2D eigenvalue weighted by Crippen LogP contribution is -1.90. The standard InChI is InChI=1S/C15H16O2/c1-3-12-8-10-13(11-9-12)17-15-7-5-4-6-14(15)16-2/h4-11H,3H2,1-2H3. The van der Waals surface area contributed by atoms with Crippen molar-refractivity contribution in [1.82, 2.24) is 0 Å². The lowest BCUT2D eigenvalue weighted by Gasteiger charge is -2.10. The van der Waals surface area contributed by atoms with Gasteiger partial charge in [-0.2, -0.15) is 0 Å². The third kappa shape index (κ3) is 2.78. The Morgan fingerprint density at radius 2 is 1.53 bits per heavy atom. The molecule has 0 saturated carbocycles. The second-order valence-electron chi connectivity index (χ2n) is 3.75. The van der Waals surface area contributed by atoms with Crippen molar-refractivity contribution in [1.29, 1.82) is 0 Å². The molecule has 0 aliphatic rings. The highest BCUT2D eigenvalue weighted by atomic mass is 16.5. The van der Waals surface area contributed by atoms with Crippen LogP contribution in [-0.2, 0) is 6.42 Å². The summed E-state index contributed by atoms with van der Waals surface area (Å²) in [4.78, 5) is 0. The minimum atomic E-state index is 0.735. The van der Waals surface area contributed by atoms with Gasteiger partial charge in [-0.05, 0) is 36.2 Å². The van der Waals surface area contributed by atoms with Gasteiger partial charge in [-0.3, -0.25) is 0 Å². The molecule has 2 nitrogen and oxygen atoms in total. The molecule has 0 spiro atoms. The van der Waals surface area contributed by atoms with Crippen LogP contribution in [0.2, 0.25) is 0 Å². The Morgan fingerprint density at radius 3 is 2.12 bits per heavy atom. The van der Waals surface area contributed by atoms with E-state index in [2.05, 4.69) is 19.1 Å². The fourth-order valence-corrected chi connectivity index (χ4v) is 1.62. The number of para-hydroxylation sites is 2. The zero-order valence-electron chi connectivity index (χ0n) is 10.1. The first kappa shape index (κ1) is 11.5. The summed E-state index contributed by atoms with van der Waals surface area (Å²) in [6.45, 7) is 2.14. The quantitative estimate of drug-likeness (QED) is 0.786. The average Bonchev–Trinajstić information content (AvgIpc) is 2.40. The van der Waals surface area contributed by atoms with Crippen LogP contribution in [-0.4, -0.2) is 7.11 Å². The van der Waals surface area contributed by atoms with Gasteiger partial charge in [0.05, 0.1) is 7.11 Å². The molecule has 0 saturated heterocycles. The van der Waals surface area contributed by atoms with E-state index in [1.165, 1.54) is 5.56 Å². The zero-order chi connectivity index (χ0) is 12.1. The van der Waals surface area contributed by atoms with Crippen LogP contribution in [0.15, 0.2) is 48.5 Å². The average molecular weight is 228 g/mol. The molecule has 17 heavy (non-hydrogen) atoms. The van der Waals surface area contributed by atoms with Crippen LogP contribution in [0.1, 0.15) is 12.5 Å². The minimum absolute atomic E-state index is 0.735. The van der Waals surface area contributed by atoms with Crippen molar-refractivity contribution in [2.75, 3.05) is 7.11 Å². The predicted molar refractivity (Wildman–Crippen MR) is 68.9 cm³/mol. The molecule has 0 bridgehead atoms. The first-order chi connectivity index (χ1) is 8.33. The predicted octanol–water partition coefficient (Wildman–Crippen LogP) is 4.05. The molecule has 0 atom stereocenters. The Bertz CT molecular complexity index is 475. The van der Waals surface area contributed by atoms with Crippen molar-refractivity contribution in [3.8, 4) is 17.2 Å². The van der Waals surface area contributed by atoms with E-state index in [-0.39, 0.29) is 0 Å². The Labute approximate surface area is 102 Å². The highest BCUT2D eigenvalue weighted by molar-refractivity contribution is 5.42. The van der Waals surface area contributed by atoms with E-state index in [1.807, 2.05) is 36.4 Å². The molecular weight excluding hydrogens is 212 g/mol. The number of rotatable bonds is 4. The van der Waals surface area contributed by atoms with Crippen LogP contribution < -0.4 is 9.47 Å². The van der Waals surface area contributed by atoms with Crippen molar-refractivity contribution in [3.05, 3.63) is 54.1 Å². The molecule has 0 unspecified atom stereocenters. The van der Waals surface area contributed by atoms with Crippen molar-refractivity contribution < 1.29 is 9.47 Å². The summed E-state index contributed by atoms with van der Waals surface area (Å²) < 4.78 is 11.0. The van der Waals surface area contributed by atoms with Crippen LogP contribution in [0.3, 0.4) is 0 Å². The maximum Gasteiger partial charge on any atom is 0.169 e. The third-order valence-corrected chi connectivity index (χ3v) is 2.63. The van der Waals surface area contributed by atoms with Gasteiger partial charge in [0.2, 0.25) is 0 Å². The number of hydrogen-bond donors (Lipinski definition) is 0. The van der Waals surface area contributed by atoms with Gasteiger partial charge in [0.15, 0.2) is 11.5 Å². The van der Waals surface area contributed by atoms with E-state index in [9.17, 15) is 0 Å². The van der Waals surface area contributed by atoms with Gasteiger partial charge < -0.3 is 9.47 Å². The second kappa shape index (κ2) is 5.39. The first-order valence-corrected chi connectivity index (χ1v) is 5.73. The minimum Gasteiger partial charge on any atom is -0.493 e. The monoisotopic (exact) mass is 228 g/mol. The highest BCUT2D eigenvalue weighted by Gasteiger charge is 2.03. The Hall–Kier alpha value is -1.96. The fourth-order valence-electron chi connectivity index (χ4n) is 1.62. The van der Waals surface area contributed by atoms with E-state index >= 15 is 0 Å². The van der Waals surface area contributed by atoms with Gasteiger partial charge in [-0.1, -0.05) is 31.2 Å². The molecule has 0 N–H and O–H groups in total. The van der Waals surface area contributed by atoms with Crippen molar-refractivity contribution in [2.24, 2.45) is 0 Å². The largest absolute Gasteiger partial charge is 0.493 e. The van der Waals surface area contributed by atoms with Gasteiger partial charge in [-0.15, -0.1) is 0 Å². The summed E-state index contributed by atoms with van der Waals surface area (Å²) in [5.74, 6) is 2.30. The molecule has 2 rings (SSSR count). The molecule has 2 aromatic carbocycles. The zero-order valence-corrected chi connectivity index (χ0v) is 10.1. The molecule has 2 heteroatoms. The lowest BCUT2D eigenvalue weighted by molar-refractivity contribution is 0.379. The van der Waals surface area contributed by atoms with Crippen LogP contribution in [0.25, 0.3) is 0 Å². The van der Waals surface area contributed by atoms with E-state index in [0.29, 0.717) is 0 Å². The molecule has 88 valence electrons. The molecule has 0 aliphatic carbocycles. The molecule has 2 aromatic rings. The molecule has 0 aromatic heterocycles. The molecule has 0 amide bonds. The molecule has 0 radical (unpaired) electrons.